The summed E-state index contributed by atoms with van der Waals surface area (Å²) >= 11 is 10.8. The SMILES string of the molecule is CCC(Oc1cccc(Br)c1)c1nc(CCl)cs1. The van der Waals surface area contributed by atoms with Crippen molar-refractivity contribution in [1.29, 1.82) is 0 Å². The van der Waals surface area contributed by atoms with E-state index >= 15 is 0 Å². The fraction of sp³-hybridized carbons (Fsp3) is 0.308. The van der Waals surface area contributed by atoms with Gasteiger partial charge in [-0.25, -0.2) is 4.98 Å². The Morgan fingerprint density at radius 1 is 1.50 bits per heavy atom. The Bertz CT molecular complexity index is 517. The van der Waals surface area contributed by atoms with Crippen LogP contribution in [0.15, 0.2) is 34.1 Å². The van der Waals surface area contributed by atoms with Gasteiger partial charge >= 0.3 is 0 Å². The van der Waals surface area contributed by atoms with E-state index in [4.69, 9.17) is 16.3 Å². The van der Waals surface area contributed by atoms with Gasteiger partial charge in [-0.05, 0) is 24.6 Å². The molecule has 1 atom stereocenters. The molecule has 1 aromatic carbocycles. The highest BCUT2D eigenvalue weighted by Crippen LogP contribution is 2.28. The largest absolute Gasteiger partial charge is 0.483 e. The van der Waals surface area contributed by atoms with Crippen LogP contribution >= 0.6 is 38.9 Å². The van der Waals surface area contributed by atoms with Crippen molar-refractivity contribution in [3.05, 3.63) is 44.8 Å². The second-order valence-electron chi connectivity index (χ2n) is 3.78. The summed E-state index contributed by atoms with van der Waals surface area (Å²) in [4.78, 5) is 4.47. The van der Waals surface area contributed by atoms with Gasteiger partial charge in [-0.3, -0.25) is 0 Å². The fourth-order valence-corrected chi connectivity index (χ4v) is 3.08. The molecule has 0 bridgehead atoms. The van der Waals surface area contributed by atoms with Crippen molar-refractivity contribution in [2.45, 2.75) is 25.3 Å². The number of hydrogen-bond acceptors (Lipinski definition) is 3. The summed E-state index contributed by atoms with van der Waals surface area (Å²) in [5.41, 5.74) is 0.910. The first kappa shape index (κ1) is 13.8. The molecule has 0 saturated heterocycles. The van der Waals surface area contributed by atoms with E-state index in [-0.39, 0.29) is 6.10 Å². The quantitative estimate of drug-likeness (QED) is 0.696. The van der Waals surface area contributed by atoms with E-state index in [9.17, 15) is 0 Å². The molecule has 0 spiro atoms. The van der Waals surface area contributed by atoms with Crippen LogP contribution in [-0.2, 0) is 5.88 Å². The number of aromatic nitrogens is 1. The molecule has 1 heterocycles. The first-order chi connectivity index (χ1) is 8.72. The van der Waals surface area contributed by atoms with Crippen molar-refractivity contribution in [1.82, 2.24) is 4.98 Å². The van der Waals surface area contributed by atoms with Crippen LogP contribution in [0, 0.1) is 0 Å². The van der Waals surface area contributed by atoms with Crippen LogP contribution in [0.1, 0.15) is 30.2 Å². The summed E-state index contributed by atoms with van der Waals surface area (Å²) in [7, 11) is 0. The number of hydrogen-bond donors (Lipinski definition) is 0. The Balaban J connectivity index is 2.14. The predicted molar refractivity (Wildman–Crippen MR) is 79.5 cm³/mol. The number of nitrogens with zero attached hydrogens (tertiary/aromatic N) is 1. The molecule has 0 fully saturated rings. The molecule has 0 aliphatic rings. The second-order valence-corrected chi connectivity index (χ2v) is 5.86. The number of ether oxygens (including phenoxy) is 1. The Labute approximate surface area is 124 Å². The van der Waals surface area contributed by atoms with Gasteiger partial charge in [0.15, 0.2) is 0 Å². The Morgan fingerprint density at radius 3 is 2.94 bits per heavy atom. The highest BCUT2D eigenvalue weighted by molar-refractivity contribution is 9.10. The van der Waals surface area contributed by atoms with Crippen LogP contribution in [0.4, 0.5) is 0 Å². The summed E-state index contributed by atoms with van der Waals surface area (Å²) in [6, 6.07) is 7.84. The Hall–Kier alpha value is -0.580. The molecule has 96 valence electrons. The molecule has 18 heavy (non-hydrogen) atoms. The monoisotopic (exact) mass is 345 g/mol. The zero-order valence-electron chi connectivity index (χ0n) is 9.90. The molecule has 0 aliphatic heterocycles. The maximum Gasteiger partial charge on any atom is 0.150 e. The first-order valence-corrected chi connectivity index (χ1v) is 7.86. The highest BCUT2D eigenvalue weighted by Gasteiger charge is 2.15. The topological polar surface area (TPSA) is 22.1 Å². The number of alkyl halides is 1. The lowest BCUT2D eigenvalue weighted by Crippen LogP contribution is -2.06. The normalized spacial score (nSPS) is 12.4. The number of rotatable bonds is 5. The molecule has 5 heteroatoms. The first-order valence-electron chi connectivity index (χ1n) is 5.65. The highest BCUT2D eigenvalue weighted by atomic mass is 79.9. The van der Waals surface area contributed by atoms with Gasteiger partial charge in [0.1, 0.15) is 16.9 Å². The molecular formula is C13H13BrClNOS. The van der Waals surface area contributed by atoms with Gasteiger partial charge in [-0.15, -0.1) is 22.9 Å². The maximum atomic E-state index is 5.96. The van der Waals surface area contributed by atoms with E-state index in [0.29, 0.717) is 5.88 Å². The van der Waals surface area contributed by atoms with Crippen molar-refractivity contribution < 1.29 is 4.74 Å². The van der Waals surface area contributed by atoms with E-state index in [0.717, 1.165) is 27.3 Å². The zero-order chi connectivity index (χ0) is 13.0. The van der Waals surface area contributed by atoms with Crippen molar-refractivity contribution in [3.63, 3.8) is 0 Å². The van der Waals surface area contributed by atoms with E-state index in [1.807, 2.05) is 29.6 Å². The summed E-state index contributed by atoms with van der Waals surface area (Å²) in [6.45, 7) is 2.09. The third-order valence-electron chi connectivity index (χ3n) is 2.43. The number of benzene rings is 1. The van der Waals surface area contributed by atoms with Gasteiger partial charge in [0.2, 0.25) is 0 Å². The van der Waals surface area contributed by atoms with Crippen molar-refractivity contribution in [2.24, 2.45) is 0 Å². The van der Waals surface area contributed by atoms with E-state index in [1.165, 1.54) is 0 Å². The lowest BCUT2D eigenvalue weighted by atomic mass is 10.3. The molecular weight excluding hydrogens is 334 g/mol. The Morgan fingerprint density at radius 2 is 2.33 bits per heavy atom. The molecule has 2 rings (SSSR count). The molecule has 2 aromatic rings. The van der Waals surface area contributed by atoms with Crippen LogP contribution in [0.3, 0.4) is 0 Å². The van der Waals surface area contributed by atoms with Crippen LogP contribution in [0.2, 0.25) is 0 Å². The van der Waals surface area contributed by atoms with Crippen LogP contribution in [0.5, 0.6) is 5.75 Å². The minimum Gasteiger partial charge on any atom is -0.483 e. The molecule has 0 saturated carbocycles. The van der Waals surface area contributed by atoms with Crippen molar-refractivity contribution >= 4 is 38.9 Å². The van der Waals surface area contributed by atoms with Crippen LogP contribution in [0.25, 0.3) is 0 Å². The average molecular weight is 347 g/mol. The van der Waals surface area contributed by atoms with E-state index < -0.39 is 0 Å². The summed E-state index contributed by atoms with van der Waals surface area (Å²) in [5.74, 6) is 1.29. The molecule has 0 N–H and O–H groups in total. The molecule has 2 nitrogen and oxygen atoms in total. The van der Waals surface area contributed by atoms with Crippen molar-refractivity contribution in [3.8, 4) is 5.75 Å². The second kappa shape index (κ2) is 6.55. The van der Waals surface area contributed by atoms with Crippen LogP contribution < -0.4 is 4.74 Å². The van der Waals surface area contributed by atoms with Gasteiger partial charge in [-0.2, -0.15) is 0 Å². The summed E-state index contributed by atoms with van der Waals surface area (Å²) in [5, 5.41) is 2.96. The van der Waals surface area contributed by atoms with Gasteiger partial charge in [0.25, 0.3) is 0 Å². The van der Waals surface area contributed by atoms with E-state index in [1.54, 1.807) is 11.3 Å². The lowest BCUT2D eigenvalue weighted by Gasteiger charge is -2.15. The Kier molecular flexibility index (Phi) is 5.03. The minimum atomic E-state index is -0.0127. The predicted octanol–water partition coefficient (Wildman–Crippen LogP) is 5.17. The third kappa shape index (κ3) is 3.46. The maximum absolute atomic E-state index is 5.96. The molecule has 0 radical (unpaired) electrons. The summed E-state index contributed by atoms with van der Waals surface area (Å²) < 4.78 is 6.97. The molecule has 0 amide bonds. The van der Waals surface area contributed by atoms with Gasteiger partial charge in [0, 0.05) is 9.85 Å². The standard InChI is InChI=1S/C13H13BrClNOS/c1-2-12(13-16-10(7-15)8-18-13)17-11-5-3-4-9(14)6-11/h3-6,8,12H,2,7H2,1H3. The van der Waals surface area contributed by atoms with Gasteiger partial charge < -0.3 is 4.74 Å². The molecule has 1 unspecified atom stereocenters. The summed E-state index contributed by atoms with van der Waals surface area (Å²) in [6.07, 6.45) is 0.864. The van der Waals surface area contributed by atoms with Gasteiger partial charge in [0.05, 0.1) is 11.6 Å². The van der Waals surface area contributed by atoms with Gasteiger partial charge in [-0.1, -0.05) is 28.9 Å². The number of halogens is 2. The zero-order valence-corrected chi connectivity index (χ0v) is 13.1. The molecule has 0 aliphatic carbocycles. The number of thiazole rings is 1. The minimum absolute atomic E-state index is 0.0127. The lowest BCUT2D eigenvalue weighted by molar-refractivity contribution is 0.200. The van der Waals surface area contributed by atoms with E-state index in [2.05, 4.69) is 27.8 Å². The molecule has 1 aromatic heterocycles. The average Bonchev–Trinajstić information content (AvgIpc) is 2.84. The fourth-order valence-electron chi connectivity index (χ4n) is 1.54. The van der Waals surface area contributed by atoms with Crippen LogP contribution in [-0.4, -0.2) is 4.98 Å². The third-order valence-corrected chi connectivity index (χ3v) is 4.18. The van der Waals surface area contributed by atoms with Crippen molar-refractivity contribution in [2.75, 3.05) is 0 Å². The smallest absolute Gasteiger partial charge is 0.150 e.